The topological polar surface area (TPSA) is 126 Å². The van der Waals surface area contributed by atoms with Crippen LogP contribution >= 0.6 is 0 Å². The molecule has 12 heteroatoms. The van der Waals surface area contributed by atoms with Gasteiger partial charge in [0, 0.05) is 12.6 Å². The van der Waals surface area contributed by atoms with E-state index >= 15 is 0 Å². The van der Waals surface area contributed by atoms with Gasteiger partial charge in [0.15, 0.2) is 0 Å². The summed E-state index contributed by atoms with van der Waals surface area (Å²) in [5.74, 6) is -1.57. The first kappa shape index (κ1) is 23.0. The Bertz CT molecular complexity index is 1040. The summed E-state index contributed by atoms with van der Waals surface area (Å²) in [7, 11) is 0. The van der Waals surface area contributed by atoms with E-state index in [9.17, 15) is 31.9 Å². The zero-order valence-corrected chi connectivity index (χ0v) is 16.4. The SMILES string of the molecule is NC(=O)c1cnc(CNC(=O)[C@H]2C[C@@H](F)CN2C(=O)O)cc1-c1ccc(C(F)(F)F)cc1. The highest BCUT2D eigenvalue weighted by Gasteiger charge is 2.39. The monoisotopic (exact) mass is 454 g/mol. The number of aromatic nitrogens is 1. The number of hydrogen-bond acceptors (Lipinski definition) is 4. The van der Waals surface area contributed by atoms with Crippen LogP contribution in [0.2, 0.25) is 0 Å². The van der Waals surface area contributed by atoms with E-state index in [1.165, 1.54) is 18.2 Å². The second-order valence-electron chi connectivity index (χ2n) is 7.16. The Morgan fingerprint density at radius 2 is 1.88 bits per heavy atom. The predicted molar refractivity (Wildman–Crippen MR) is 103 cm³/mol. The maximum Gasteiger partial charge on any atom is 0.416 e. The maximum atomic E-state index is 13.6. The lowest BCUT2D eigenvalue weighted by Gasteiger charge is -2.20. The molecular formula is C20H18F4N4O4. The normalized spacial score (nSPS) is 18.4. The van der Waals surface area contributed by atoms with E-state index < -0.39 is 48.4 Å². The van der Waals surface area contributed by atoms with Crippen LogP contribution in [0.3, 0.4) is 0 Å². The molecule has 2 aromatic rings. The van der Waals surface area contributed by atoms with Crippen LogP contribution in [-0.2, 0) is 17.5 Å². The number of rotatable bonds is 5. The summed E-state index contributed by atoms with van der Waals surface area (Å²) < 4.78 is 52.0. The number of likely N-dealkylation sites (tertiary alicyclic amines) is 1. The van der Waals surface area contributed by atoms with Gasteiger partial charge in [0.1, 0.15) is 12.2 Å². The molecular weight excluding hydrogens is 436 g/mol. The highest BCUT2D eigenvalue weighted by atomic mass is 19.4. The van der Waals surface area contributed by atoms with Crippen molar-refractivity contribution in [3.63, 3.8) is 0 Å². The number of amides is 3. The van der Waals surface area contributed by atoms with Gasteiger partial charge >= 0.3 is 12.3 Å². The van der Waals surface area contributed by atoms with Crippen molar-refractivity contribution in [1.29, 1.82) is 0 Å². The van der Waals surface area contributed by atoms with Gasteiger partial charge in [-0.15, -0.1) is 0 Å². The van der Waals surface area contributed by atoms with Crippen molar-refractivity contribution >= 4 is 17.9 Å². The van der Waals surface area contributed by atoms with Gasteiger partial charge in [-0.2, -0.15) is 13.2 Å². The van der Waals surface area contributed by atoms with Crippen molar-refractivity contribution in [2.24, 2.45) is 5.73 Å². The molecule has 1 aliphatic heterocycles. The smallest absolute Gasteiger partial charge is 0.416 e. The Morgan fingerprint density at radius 1 is 1.22 bits per heavy atom. The number of carbonyl (C=O) groups excluding carboxylic acids is 2. The molecule has 0 aliphatic carbocycles. The maximum absolute atomic E-state index is 13.6. The first-order valence-electron chi connectivity index (χ1n) is 9.35. The number of carboxylic acid groups (broad SMARTS) is 1. The molecule has 0 bridgehead atoms. The molecule has 3 amide bonds. The summed E-state index contributed by atoms with van der Waals surface area (Å²) >= 11 is 0. The van der Waals surface area contributed by atoms with Crippen LogP contribution in [0.25, 0.3) is 11.1 Å². The molecule has 2 atom stereocenters. The zero-order chi connectivity index (χ0) is 23.6. The van der Waals surface area contributed by atoms with Gasteiger partial charge in [-0.1, -0.05) is 12.1 Å². The van der Waals surface area contributed by atoms with E-state index in [1.54, 1.807) is 0 Å². The molecule has 1 aromatic carbocycles. The molecule has 0 unspecified atom stereocenters. The minimum Gasteiger partial charge on any atom is -0.465 e. The lowest BCUT2D eigenvalue weighted by molar-refractivity contribution is -0.137. The van der Waals surface area contributed by atoms with Gasteiger partial charge in [-0.05, 0) is 29.3 Å². The molecule has 170 valence electrons. The second kappa shape index (κ2) is 8.81. The number of carbonyl (C=O) groups is 3. The fourth-order valence-corrected chi connectivity index (χ4v) is 3.41. The standard InChI is InChI=1S/C20H18F4N4O4/c21-12-5-16(28(9-12)19(31)32)18(30)27-7-13-6-14(15(8-26-13)17(25)29)10-1-3-11(4-2-10)20(22,23)24/h1-4,6,8,12,16H,5,7,9H2,(H2,25,29)(H,27,30)(H,31,32)/t12-,16-/m1/s1. The molecule has 32 heavy (non-hydrogen) atoms. The van der Waals surface area contributed by atoms with Gasteiger partial charge in [0.05, 0.1) is 29.9 Å². The van der Waals surface area contributed by atoms with E-state index in [2.05, 4.69) is 10.3 Å². The minimum absolute atomic E-state index is 0.0343. The molecule has 3 rings (SSSR count). The highest BCUT2D eigenvalue weighted by Crippen LogP contribution is 2.32. The zero-order valence-electron chi connectivity index (χ0n) is 16.4. The molecule has 1 saturated heterocycles. The van der Waals surface area contributed by atoms with Crippen molar-refractivity contribution in [3.05, 3.63) is 53.3 Å². The molecule has 2 heterocycles. The lowest BCUT2D eigenvalue weighted by Crippen LogP contribution is -2.45. The van der Waals surface area contributed by atoms with Crippen LogP contribution in [-0.4, -0.2) is 51.7 Å². The predicted octanol–water partition coefficient (Wildman–Crippen LogP) is 2.57. The summed E-state index contributed by atoms with van der Waals surface area (Å²) in [5.41, 5.74) is 5.15. The second-order valence-corrected chi connectivity index (χ2v) is 7.16. The van der Waals surface area contributed by atoms with Gasteiger partial charge in [-0.3, -0.25) is 19.5 Å². The van der Waals surface area contributed by atoms with E-state index in [4.69, 9.17) is 10.8 Å². The summed E-state index contributed by atoms with van der Waals surface area (Å²) in [6.07, 6.45) is -6.54. The Balaban J connectivity index is 1.81. The van der Waals surface area contributed by atoms with E-state index in [0.717, 1.165) is 18.3 Å². The van der Waals surface area contributed by atoms with Crippen molar-refractivity contribution in [3.8, 4) is 11.1 Å². The number of nitrogens with two attached hydrogens (primary N) is 1. The van der Waals surface area contributed by atoms with Crippen LogP contribution in [0.5, 0.6) is 0 Å². The summed E-state index contributed by atoms with van der Waals surface area (Å²) in [6, 6.07) is 4.26. The molecule has 1 aromatic heterocycles. The van der Waals surface area contributed by atoms with Gasteiger partial charge in [-0.25, -0.2) is 9.18 Å². The molecule has 1 fully saturated rings. The average Bonchev–Trinajstić information content (AvgIpc) is 3.13. The van der Waals surface area contributed by atoms with Crippen molar-refractivity contribution in [2.75, 3.05) is 6.54 Å². The molecule has 4 N–H and O–H groups in total. The number of alkyl halides is 4. The third kappa shape index (κ3) is 4.95. The van der Waals surface area contributed by atoms with Gasteiger partial charge in [0.25, 0.3) is 5.91 Å². The molecule has 0 saturated carbocycles. The van der Waals surface area contributed by atoms with Crippen molar-refractivity contribution in [2.45, 2.75) is 31.4 Å². The first-order chi connectivity index (χ1) is 15.0. The molecule has 0 spiro atoms. The molecule has 0 radical (unpaired) electrons. The van der Waals surface area contributed by atoms with Crippen LogP contribution in [0.4, 0.5) is 22.4 Å². The Labute approximate surface area is 179 Å². The lowest BCUT2D eigenvalue weighted by atomic mass is 9.99. The van der Waals surface area contributed by atoms with Crippen LogP contribution < -0.4 is 11.1 Å². The van der Waals surface area contributed by atoms with Crippen molar-refractivity contribution in [1.82, 2.24) is 15.2 Å². The van der Waals surface area contributed by atoms with Crippen molar-refractivity contribution < 1.29 is 37.1 Å². The third-order valence-corrected chi connectivity index (χ3v) is 4.99. The van der Waals surface area contributed by atoms with E-state index in [-0.39, 0.29) is 35.3 Å². The largest absolute Gasteiger partial charge is 0.465 e. The minimum atomic E-state index is -4.53. The number of hydrogen-bond donors (Lipinski definition) is 3. The third-order valence-electron chi connectivity index (χ3n) is 4.99. The Kier molecular flexibility index (Phi) is 6.32. The number of pyridine rings is 1. The first-order valence-corrected chi connectivity index (χ1v) is 9.35. The number of benzene rings is 1. The van der Waals surface area contributed by atoms with Gasteiger partial charge < -0.3 is 16.2 Å². The highest BCUT2D eigenvalue weighted by molar-refractivity contribution is 5.99. The number of primary amides is 1. The summed E-state index contributed by atoms with van der Waals surface area (Å²) in [6.45, 7) is -0.594. The quantitative estimate of drug-likeness (QED) is 0.599. The number of halogens is 4. The Morgan fingerprint density at radius 3 is 2.44 bits per heavy atom. The molecule has 1 aliphatic rings. The van der Waals surface area contributed by atoms with E-state index in [1.807, 2.05) is 0 Å². The average molecular weight is 454 g/mol. The Hall–Kier alpha value is -3.70. The van der Waals surface area contributed by atoms with Crippen LogP contribution in [0.15, 0.2) is 36.5 Å². The fourth-order valence-electron chi connectivity index (χ4n) is 3.41. The number of nitrogens with zero attached hydrogens (tertiary/aromatic N) is 2. The summed E-state index contributed by atoms with van der Waals surface area (Å²) in [4.78, 5) is 40.0. The number of nitrogens with one attached hydrogen (secondary N) is 1. The van der Waals surface area contributed by atoms with Gasteiger partial charge in [0.2, 0.25) is 5.91 Å². The van der Waals surface area contributed by atoms with E-state index in [0.29, 0.717) is 4.90 Å². The van der Waals surface area contributed by atoms with Crippen LogP contribution in [0, 0.1) is 0 Å². The fraction of sp³-hybridized carbons (Fsp3) is 0.300. The summed E-state index contributed by atoms with van der Waals surface area (Å²) in [5, 5.41) is 11.6. The molecule has 8 nitrogen and oxygen atoms in total. The van der Waals surface area contributed by atoms with Crippen LogP contribution in [0.1, 0.15) is 28.0 Å².